The van der Waals surface area contributed by atoms with E-state index in [4.69, 9.17) is 4.74 Å². The van der Waals surface area contributed by atoms with Gasteiger partial charge in [-0.3, -0.25) is 19.7 Å². The maximum Gasteiger partial charge on any atom is 0.237 e. The lowest BCUT2D eigenvalue weighted by Gasteiger charge is -2.35. The van der Waals surface area contributed by atoms with Crippen LogP contribution in [0.4, 0.5) is 5.69 Å². The molecule has 1 fully saturated rings. The van der Waals surface area contributed by atoms with Gasteiger partial charge in [0.15, 0.2) is 0 Å². The monoisotopic (exact) mass is 392 g/mol. The number of ether oxygens (including phenoxy) is 1. The molecule has 2 heterocycles. The largest absolute Gasteiger partial charge is 0.493 e. The van der Waals surface area contributed by atoms with Gasteiger partial charge in [-0.15, -0.1) is 0 Å². The summed E-state index contributed by atoms with van der Waals surface area (Å²) < 4.78 is 5.50. The highest BCUT2D eigenvalue weighted by Crippen LogP contribution is 2.36. The van der Waals surface area contributed by atoms with E-state index in [1.54, 1.807) is 0 Å². The molecule has 6 heteroatoms. The van der Waals surface area contributed by atoms with Crippen LogP contribution in [0.5, 0.6) is 5.75 Å². The minimum atomic E-state index is -0.692. The number of piperidine rings is 1. The van der Waals surface area contributed by atoms with E-state index in [2.05, 4.69) is 10.6 Å². The Balaban J connectivity index is 1.43. The summed E-state index contributed by atoms with van der Waals surface area (Å²) in [6.07, 6.45) is 2.62. The Labute approximate surface area is 169 Å². The van der Waals surface area contributed by atoms with Gasteiger partial charge in [0, 0.05) is 18.5 Å². The molecule has 1 unspecified atom stereocenters. The van der Waals surface area contributed by atoms with Crippen LogP contribution in [0.2, 0.25) is 0 Å². The summed E-state index contributed by atoms with van der Waals surface area (Å²) in [6, 6.07) is 13.2. The van der Waals surface area contributed by atoms with Crippen LogP contribution >= 0.6 is 0 Å². The van der Waals surface area contributed by atoms with Crippen LogP contribution in [0.1, 0.15) is 42.9 Å². The van der Waals surface area contributed by atoms with Crippen molar-refractivity contribution in [2.24, 2.45) is 0 Å². The van der Waals surface area contributed by atoms with Gasteiger partial charge in [0.25, 0.3) is 0 Å². The minimum Gasteiger partial charge on any atom is -0.493 e. The SMILES string of the molecule is CCC1(c2ccc(NC(=O)Cc3ccc4c(c3)CCO4)cc2)CCC(=O)NC1=O. The van der Waals surface area contributed by atoms with E-state index in [0.717, 1.165) is 28.9 Å². The lowest BCUT2D eigenvalue weighted by molar-refractivity contribution is -0.138. The summed E-state index contributed by atoms with van der Waals surface area (Å²) >= 11 is 0. The molecule has 0 saturated carbocycles. The van der Waals surface area contributed by atoms with Gasteiger partial charge >= 0.3 is 0 Å². The highest BCUT2D eigenvalue weighted by atomic mass is 16.5. The van der Waals surface area contributed by atoms with Gasteiger partial charge < -0.3 is 10.1 Å². The van der Waals surface area contributed by atoms with Crippen molar-refractivity contribution in [2.75, 3.05) is 11.9 Å². The number of anilines is 1. The molecule has 1 saturated heterocycles. The average Bonchev–Trinajstić information content (AvgIpc) is 3.17. The van der Waals surface area contributed by atoms with Gasteiger partial charge in [-0.2, -0.15) is 0 Å². The van der Waals surface area contributed by atoms with E-state index in [1.807, 2.05) is 49.4 Å². The lowest BCUT2D eigenvalue weighted by Crippen LogP contribution is -2.51. The minimum absolute atomic E-state index is 0.0946. The Morgan fingerprint density at radius 1 is 1.14 bits per heavy atom. The molecule has 0 aliphatic carbocycles. The van der Waals surface area contributed by atoms with Crippen LogP contribution in [0, 0.1) is 0 Å². The summed E-state index contributed by atoms with van der Waals surface area (Å²) in [7, 11) is 0. The van der Waals surface area contributed by atoms with Gasteiger partial charge in [-0.05, 0) is 47.7 Å². The van der Waals surface area contributed by atoms with Crippen molar-refractivity contribution in [3.63, 3.8) is 0 Å². The average molecular weight is 392 g/mol. The summed E-state index contributed by atoms with van der Waals surface area (Å²) in [5.74, 6) is 0.348. The number of hydrogen-bond acceptors (Lipinski definition) is 4. The fourth-order valence-corrected chi connectivity index (χ4v) is 4.18. The van der Waals surface area contributed by atoms with E-state index in [1.165, 1.54) is 0 Å². The Morgan fingerprint density at radius 2 is 1.93 bits per heavy atom. The molecule has 6 nitrogen and oxygen atoms in total. The van der Waals surface area contributed by atoms with Crippen LogP contribution in [-0.4, -0.2) is 24.3 Å². The first-order chi connectivity index (χ1) is 14.0. The van der Waals surface area contributed by atoms with Crippen molar-refractivity contribution < 1.29 is 19.1 Å². The summed E-state index contributed by atoms with van der Waals surface area (Å²) in [5, 5.41) is 5.37. The zero-order valence-electron chi connectivity index (χ0n) is 16.4. The summed E-state index contributed by atoms with van der Waals surface area (Å²) in [6.45, 7) is 2.65. The zero-order chi connectivity index (χ0) is 20.4. The molecule has 3 amide bonds. The summed E-state index contributed by atoms with van der Waals surface area (Å²) in [5.41, 5.74) is 2.96. The predicted octanol–water partition coefficient (Wildman–Crippen LogP) is 2.89. The van der Waals surface area contributed by atoms with Crippen molar-refractivity contribution in [1.82, 2.24) is 5.32 Å². The van der Waals surface area contributed by atoms with Gasteiger partial charge in [-0.25, -0.2) is 0 Å². The molecule has 2 aliphatic heterocycles. The topological polar surface area (TPSA) is 84.5 Å². The molecule has 4 rings (SSSR count). The maximum atomic E-state index is 12.5. The second-order valence-electron chi connectivity index (χ2n) is 7.66. The van der Waals surface area contributed by atoms with Crippen LogP contribution in [0.3, 0.4) is 0 Å². The number of nitrogens with one attached hydrogen (secondary N) is 2. The van der Waals surface area contributed by atoms with Crippen LogP contribution in [-0.2, 0) is 32.6 Å². The first-order valence-corrected chi connectivity index (χ1v) is 9.99. The van der Waals surface area contributed by atoms with Crippen molar-refractivity contribution in [1.29, 1.82) is 0 Å². The zero-order valence-corrected chi connectivity index (χ0v) is 16.4. The molecule has 0 bridgehead atoms. The Bertz CT molecular complexity index is 967. The number of hydrogen-bond donors (Lipinski definition) is 2. The number of carbonyl (C=O) groups excluding carboxylic acids is 3. The normalized spacial score (nSPS) is 20.6. The third-order valence-electron chi connectivity index (χ3n) is 5.91. The van der Waals surface area contributed by atoms with Crippen LogP contribution in [0.15, 0.2) is 42.5 Å². The number of rotatable bonds is 5. The van der Waals surface area contributed by atoms with Gasteiger partial charge in [0.05, 0.1) is 18.4 Å². The smallest absolute Gasteiger partial charge is 0.237 e. The van der Waals surface area contributed by atoms with Crippen LogP contribution < -0.4 is 15.4 Å². The van der Waals surface area contributed by atoms with Crippen molar-refractivity contribution in [2.45, 2.75) is 44.4 Å². The molecule has 150 valence electrons. The maximum absolute atomic E-state index is 12.5. The first-order valence-electron chi connectivity index (χ1n) is 9.99. The molecule has 29 heavy (non-hydrogen) atoms. The predicted molar refractivity (Wildman–Crippen MR) is 109 cm³/mol. The lowest BCUT2D eigenvalue weighted by atomic mass is 9.72. The third kappa shape index (κ3) is 3.75. The van der Waals surface area contributed by atoms with Gasteiger partial charge in [-0.1, -0.05) is 31.2 Å². The fourth-order valence-electron chi connectivity index (χ4n) is 4.18. The van der Waals surface area contributed by atoms with E-state index in [9.17, 15) is 14.4 Å². The van der Waals surface area contributed by atoms with E-state index < -0.39 is 5.41 Å². The van der Waals surface area contributed by atoms with Gasteiger partial charge in [0.2, 0.25) is 17.7 Å². The Kier molecular flexibility index (Phi) is 5.09. The van der Waals surface area contributed by atoms with Crippen LogP contribution in [0.25, 0.3) is 0 Å². The van der Waals surface area contributed by atoms with Crippen molar-refractivity contribution in [3.05, 3.63) is 59.2 Å². The number of carbonyl (C=O) groups is 3. The molecular formula is C23H24N2O4. The van der Waals surface area contributed by atoms with Crippen molar-refractivity contribution >= 4 is 23.4 Å². The number of amides is 3. The highest BCUT2D eigenvalue weighted by molar-refractivity contribution is 6.03. The molecule has 2 aliphatic rings. The molecule has 1 atom stereocenters. The number of imide groups is 1. The summed E-state index contributed by atoms with van der Waals surface area (Å²) in [4.78, 5) is 36.4. The van der Waals surface area contributed by atoms with Gasteiger partial charge in [0.1, 0.15) is 5.75 Å². The molecule has 2 aromatic rings. The number of fused-ring (bicyclic) bond motifs is 1. The standard InChI is InChI=1S/C23H24N2O4/c1-2-23(11-9-20(26)25-22(23)28)17-4-6-18(7-5-17)24-21(27)14-15-3-8-19-16(13-15)10-12-29-19/h3-8,13H,2,9-12,14H2,1H3,(H,24,27)(H,25,26,28). The number of benzene rings is 2. The molecular weight excluding hydrogens is 368 g/mol. The molecule has 2 N–H and O–H groups in total. The Morgan fingerprint density at radius 3 is 2.66 bits per heavy atom. The molecule has 0 aromatic heterocycles. The highest BCUT2D eigenvalue weighted by Gasteiger charge is 2.42. The van der Waals surface area contributed by atoms with Crippen molar-refractivity contribution in [3.8, 4) is 5.75 Å². The molecule has 0 radical (unpaired) electrons. The van der Waals surface area contributed by atoms with E-state index in [0.29, 0.717) is 38.0 Å². The first kappa shape index (κ1) is 19.2. The quantitative estimate of drug-likeness (QED) is 0.767. The van der Waals surface area contributed by atoms with E-state index >= 15 is 0 Å². The second kappa shape index (κ2) is 7.70. The van der Waals surface area contributed by atoms with E-state index in [-0.39, 0.29) is 17.7 Å². The molecule has 2 aromatic carbocycles. The third-order valence-corrected chi connectivity index (χ3v) is 5.91. The second-order valence-corrected chi connectivity index (χ2v) is 7.66. The fraction of sp³-hybridized carbons (Fsp3) is 0.348. The molecule has 0 spiro atoms. The Hall–Kier alpha value is -3.15.